The molecule has 0 unspecified atom stereocenters. The van der Waals surface area contributed by atoms with Gasteiger partial charge in [0.1, 0.15) is 5.82 Å². The van der Waals surface area contributed by atoms with Crippen molar-refractivity contribution < 1.29 is 17.6 Å². The molecule has 0 radical (unpaired) electrons. The highest BCUT2D eigenvalue weighted by Gasteiger charge is 2.38. The van der Waals surface area contributed by atoms with Crippen molar-refractivity contribution in [2.75, 3.05) is 31.1 Å². The lowest BCUT2D eigenvalue weighted by Crippen LogP contribution is -2.46. The zero-order valence-corrected chi connectivity index (χ0v) is 20.9. The van der Waals surface area contributed by atoms with Gasteiger partial charge in [0.2, 0.25) is 10.0 Å². The Kier molecular flexibility index (Phi) is 6.52. The summed E-state index contributed by atoms with van der Waals surface area (Å²) >= 11 is 12.3. The fourth-order valence-corrected chi connectivity index (χ4v) is 6.30. The molecule has 0 bridgehead atoms. The first-order valence-corrected chi connectivity index (χ1v) is 13.8. The maximum atomic E-state index is 15.0. The molecule has 5 rings (SSSR count). The molecule has 34 heavy (non-hydrogen) atoms. The van der Waals surface area contributed by atoms with Gasteiger partial charge in [0.05, 0.1) is 10.8 Å². The van der Waals surface area contributed by atoms with Crippen molar-refractivity contribution in [2.45, 2.75) is 43.4 Å². The van der Waals surface area contributed by atoms with Gasteiger partial charge in [-0.15, -0.1) is 0 Å². The number of anilines is 1. The topological polar surface area (TPSA) is 69.7 Å². The van der Waals surface area contributed by atoms with Gasteiger partial charge in [0, 0.05) is 48.5 Å². The van der Waals surface area contributed by atoms with Crippen LogP contribution in [0.5, 0.6) is 0 Å². The summed E-state index contributed by atoms with van der Waals surface area (Å²) in [6.07, 6.45) is 3.05. The van der Waals surface area contributed by atoms with Crippen LogP contribution in [0.15, 0.2) is 30.3 Å². The number of nitrogens with one attached hydrogen (secondary N) is 1. The first kappa shape index (κ1) is 23.9. The third-order valence-corrected chi connectivity index (χ3v) is 8.92. The number of amides is 1. The van der Waals surface area contributed by atoms with E-state index in [0.717, 1.165) is 55.8 Å². The van der Waals surface area contributed by atoms with Gasteiger partial charge in [-0.1, -0.05) is 23.2 Å². The average Bonchev–Trinajstić information content (AvgIpc) is 3.66. The predicted octanol–water partition coefficient (Wildman–Crippen LogP) is 4.55. The fraction of sp³-hybridized carbons (Fsp3) is 0.458. The average molecular weight is 526 g/mol. The molecule has 1 aliphatic heterocycles. The predicted molar refractivity (Wildman–Crippen MR) is 132 cm³/mol. The van der Waals surface area contributed by atoms with Crippen LogP contribution < -0.4 is 9.62 Å². The molecule has 1 heterocycles. The van der Waals surface area contributed by atoms with Crippen LogP contribution in [0.2, 0.25) is 10.0 Å². The van der Waals surface area contributed by atoms with Crippen molar-refractivity contribution in [2.24, 2.45) is 0 Å². The van der Waals surface area contributed by atoms with Crippen molar-refractivity contribution in [3.8, 4) is 0 Å². The number of benzene rings is 2. The number of hydrogen-bond acceptors (Lipinski definition) is 5. The second-order valence-corrected chi connectivity index (χ2v) is 12.2. The van der Waals surface area contributed by atoms with E-state index in [1.54, 1.807) is 12.1 Å². The molecule has 1 N–H and O–H groups in total. The number of carbonyl (C=O) groups is 1. The number of piperazine rings is 1. The van der Waals surface area contributed by atoms with E-state index >= 15 is 0 Å². The minimum Gasteiger partial charge on any atom is -0.369 e. The summed E-state index contributed by atoms with van der Waals surface area (Å²) in [5.41, 5.74) is 2.59. The van der Waals surface area contributed by atoms with E-state index in [2.05, 4.69) is 9.80 Å². The van der Waals surface area contributed by atoms with E-state index in [4.69, 9.17) is 23.2 Å². The van der Waals surface area contributed by atoms with Gasteiger partial charge in [-0.05, 0) is 73.1 Å². The van der Waals surface area contributed by atoms with Crippen LogP contribution in [-0.4, -0.2) is 50.7 Å². The number of carbonyl (C=O) groups excluding carboxylic acids is 1. The summed E-state index contributed by atoms with van der Waals surface area (Å²) in [6, 6.07) is 8.48. The Labute approximate surface area is 209 Å². The van der Waals surface area contributed by atoms with Crippen LogP contribution in [0.1, 0.15) is 53.1 Å². The van der Waals surface area contributed by atoms with Crippen molar-refractivity contribution in [1.82, 2.24) is 9.62 Å². The van der Waals surface area contributed by atoms with Gasteiger partial charge in [0.25, 0.3) is 5.91 Å². The van der Waals surface area contributed by atoms with E-state index < -0.39 is 27.0 Å². The molecule has 2 aromatic rings. The van der Waals surface area contributed by atoms with Crippen molar-refractivity contribution in [1.29, 1.82) is 0 Å². The third-order valence-electron chi connectivity index (χ3n) is 6.67. The smallest absolute Gasteiger partial charge is 0.267 e. The molecular weight excluding hydrogens is 500 g/mol. The lowest BCUT2D eigenvalue weighted by Gasteiger charge is -2.36. The summed E-state index contributed by atoms with van der Waals surface area (Å²) in [5, 5.41) is 0.662. The van der Waals surface area contributed by atoms with Crippen LogP contribution in [0, 0.1) is 5.82 Å². The fourth-order valence-electron chi connectivity index (χ4n) is 4.49. The molecule has 10 heteroatoms. The molecule has 3 fully saturated rings. The van der Waals surface area contributed by atoms with E-state index in [-0.39, 0.29) is 11.5 Å². The number of rotatable bonds is 7. The zero-order chi connectivity index (χ0) is 24.0. The van der Waals surface area contributed by atoms with Crippen LogP contribution in [-0.2, 0) is 16.6 Å². The normalized spacial score (nSPS) is 19.3. The first-order chi connectivity index (χ1) is 16.2. The van der Waals surface area contributed by atoms with Gasteiger partial charge >= 0.3 is 0 Å². The summed E-state index contributed by atoms with van der Waals surface area (Å²) in [5.74, 6) is -1.28. The lowest BCUT2D eigenvalue weighted by molar-refractivity contribution is 0.0977. The highest BCUT2D eigenvalue weighted by Crippen LogP contribution is 2.43. The lowest BCUT2D eigenvalue weighted by atomic mass is 9.98. The zero-order valence-electron chi connectivity index (χ0n) is 18.6. The second-order valence-electron chi connectivity index (χ2n) is 9.37. The van der Waals surface area contributed by atoms with E-state index in [1.165, 1.54) is 6.07 Å². The standard InChI is InChI=1S/C24H26Cl2FN3O3S/c25-17-10-18(26)12-19(11-17)30-7-5-29(6-8-30)14-16-9-23(27)22(13-21(16)15-1-2-15)24(31)28-34(32,33)20-3-4-20/h9-13,15,20H,1-8,14H2,(H,28,31). The van der Waals surface area contributed by atoms with E-state index in [0.29, 0.717) is 29.4 Å². The van der Waals surface area contributed by atoms with Crippen LogP contribution >= 0.6 is 23.2 Å². The number of nitrogens with zero attached hydrogens (tertiary/aromatic N) is 2. The summed E-state index contributed by atoms with van der Waals surface area (Å²) in [7, 11) is -3.73. The quantitative estimate of drug-likeness (QED) is 0.573. The van der Waals surface area contributed by atoms with Crippen molar-refractivity contribution >= 4 is 44.8 Å². The Balaban J connectivity index is 1.28. The molecule has 2 aliphatic carbocycles. The van der Waals surface area contributed by atoms with Crippen LogP contribution in [0.25, 0.3) is 0 Å². The third kappa shape index (κ3) is 5.35. The number of hydrogen-bond donors (Lipinski definition) is 1. The molecule has 0 spiro atoms. The van der Waals surface area contributed by atoms with Crippen molar-refractivity contribution in [3.05, 3.63) is 62.9 Å². The Morgan fingerprint density at radius 1 is 0.971 bits per heavy atom. The van der Waals surface area contributed by atoms with Gasteiger partial charge in [0.15, 0.2) is 0 Å². The molecule has 1 saturated heterocycles. The highest BCUT2D eigenvalue weighted by atomic mass is 35.5. The Morgan fingerprint density at radius 2 is 1.62 bits per heavy atom. The molecule has 182 valence electrons. The Bertz CT molecular complexity index is 1200. The maximum absolute atomic E-state index is 15.0. The summed E-state index contributed by atoms with van der Waals surface area (Å²) in [6.45, 7) is 3.74. The SMILES string of the molecule is O=C(NS(=O)(=O)C1CC1)c1cc(C2CC2)c(CN2CCN(c3cc(Cl)cc(Cl)c3)CC2)cc1F. The van der Waals surface area contributed by atoms with Gasteiger partial charge in [-0.2, -0.15) is 0 Å². The van der Waals surface area contributed by atoms with Gasteiger partial charge in [-0.3, -0.25) is 9.69 Å². The summed E-state index contributed by atoms with van der Waals surface area (Å²) < 4.78 is 41.3. The molecule has 2 saturated carbocycles. The molecular formula is C24H26Cl2FN3O3S. The highest BCUT2D eigenvalue weighted by molar-refractivity contribution is 7.91. The molecule has 3 aliphatic rings. The Hall–Kier alpha value is -1.87. The summed E-state index contributed by atoms with van der Waals surface area (Å²) in [4.78, 5) is 17.1. The molecule has 0 aromatic heterocycles. The largest absolute Gasteiger partial charge is 0.369 e. The molecule has 6 nitrogen and oxygen atoms in total. The van der Waals surface area contributed by atoms with Crippen LogP contribution in [0.4, 0.5) is 10.1 Å². The number of sulfonamides is 1. The van der Waals surface area contributed by atoms with E-state index in [1.807, 2.05) is 16.9 Å². The van der Waals surface area contributed by atoms with Gasteiger partial charge in [-0.25, -0.2) is 17.5 Å². The second kappa shape index (κ2) is 9.30. The minimum atomic E-state index is -3.73. The molecule has 1 amide bonds. The van der Waals surface area contributed by atoms with Crippen molar-refractivity contribution in [3.63, 3.8) is 0 Å². The first-order valence-electron chi connectivity index (χ1n) is 11.5. The van der Waals surface area contributed by atoms with Gasteiger partial charge < -0.3 is 4.90 Å². The van der Waals surface area contributed by atoms with E-state index in [9.17, 15) is 17.6 Å². The van der Waals surface area contributed by atoms with Crippen LogP contribution in [0.3, 0.4) is 0 Å². The molecule has 0 atom stereocenters. The molecule has 2 aromatic carbocycles. The Morgan fingerprint density at radius 3 is 2.21 bits per heavy atom. The minimum absolute atomic E-state index is 0.197. The monoisotopic (exact) mass is 525 g/mol. The number of halogens is 3. The maximum Gasteiger partial charge on any atom is 0.267 e.